The Bertz CT molecular complexity index is 386. The van der Waals surface area contributed by atoms with E-state index in [2.05, 4.69) is 20.6 Å². The van der Waals surface area contributed by atoms with Gasteiger partial charge in [0.1, 0.15) is 9.39 Å². The van der Waals surface area contributed by atoms with Crippen LogP contribution in [-0.2, 0) is 0 Å². The van der Waals surface area contributed by atoms with Gasteiger partial charge in [0.15, 0.2) is 0 Å². The van der Waals surface area contributed by atoms with Gasteiger partial charge in [-0.25, -0.2) is 4.98 Å². The molecular formula is C9H13IN4O. The fourth-order valence-corrected chi connectivity index (χ4v) is 2.14. The number of nitrogens with one attached hydrogen (secondary N) is 3. The second-order valence-electron chi connectivity index (χ2n) is 3.57. The van der Waals surface area contributed by atoms with Crippen LogP contribution in [0.15, 0.2) is 11.1 Å². The summed E-state index contributed by atoms with van der Waals surface area (Å²) in [4.78, 5) is 17.9. The maximum absolute atomic E-state index is 11.3. The summed E-state index contributed by atoms with van der Waals surface area (Å²) in [7, 11) is 0. The van der Waals surface area contributed by atoms with Gasteiger partial charge in [0, 0.05) is 12.6 Å². The molecule has 5 nitrogen and oxygen atoms in total. The highest BCUT2D eigenvalue weighted by atomic mass is 127. The Morgan fingerprint density at radius 1 is 1.67 bits per heavy atom. The molecule has 1 unspecified atom stereocenters. The summed E-state index contributed by atoms with van der Waals surface area (Å²) in [5, 5.41) is 6.58. The monoisotopic (exact) mass is 320 g/mol. The smallest absolute Gasteiger partial charge is 0.266 e. The zero-order valence-electron chi connectivity index (χ0n) is 8.22. The zero-order valence-corrected chi connectivity index (χ0v) is 10.4. The molecule has 1 aliphatic heterocycles. The van der Waals surface area contributed by atoms with E-state index in [-0.39, 0.29) is 5.56 Å². The summed E-state index contributed by atoms with van der Waals surface area (Å²) in [6, 6.07) is 0.502. The van der Waals surface area contributed by atoms with Crippen molar-refractivity contribution in [1.82, 2.24) is 15.3 Å². The molecule has 2 heterocycles. The minimum Gasteiger partial charge on any atom is -0.367 e. The number of hydrogen-bond acceptors (Lipinski definition) is 4. The lowest BCUT2D eigenvalue weighted by Crippen LogP contribution is -2.30. The number of hydrogen-bond donors (Lipinski definition) is 3. The second kappa shape index (κ2) is 4.93. The number of rotatable bonds is 3. The van der Waals surface area contributed by atoms with Crippen molar-refractivity contribution in [2.75, 3.05) is 18.4 Å². The minimum atomic E-state index is -0.0903. The van der Waals surface area contributed by atoms with Crippen LogP contribution in [0.5, 0.6) is 0 Å². The van der Waals surface area contributed by atoms with Gasteiger partial charge in [-0.3, -0.25) is 4.79 Å². The molecule has 1 aromatic heterocycles. The first-order valence-electron chi connectivity index (χ1n) is 4.98. The molecule has 0 aliphatic carbocycles. The SMILES string of the molecule is O=c1[nH]cnc(NCC2CCCN2)c1I. The third-order valence-electron chi connectivity index (χ3n) is 2.47. The summed E-state index contributed by atoms with van der Waals surface area (Å²) in [5.41, 5.74) is -0.0903. The lowest BCUT2D eigenvalue weighted by Gasteiger charge is -2.12. The van der Waals surface area contributed by atoms with E-state index in [1.54, 1.807) is 0 Å². The Kier molecular flexibility index (Phi) is 3.57. The predicted molar refractivity (Wildman–Crippen MR) is 67.1 cm³/mol. The van der Waals surface area contributed by atoms with E-state index in [0.29, 0.717) is 15.4 Å². The molecule has 1 aliphatic rings. The number of aromatic nitrogens is 2. The molecule has 0 aromatic carbocycles. The number of nitrogens with zero attached hydrogens (tertiary/aromatic N) is 1. The molecule has 1 aromatic rings. The van der Waals surface area contributed by atoms with E-state index in [4.69, 9.17) is 0 Å². The third kappa shape index (κ3) is 2.69. The first-order valence-corrected chi connectivity index (χ1v) is 6.05. The van der Waals surface area contributed by atoms with Gasteiger partial charge in [-0.2, -0.15) is 0 Å². The van der Waals surface area contributed by atoms with Gasteiger partial charge in [0.25, 0.3) is 5.56 Å². The van der Waals surface area contributed by atoms with Crippen molar-refractivity contribution in [2.24, 2.45) is 0 Å². The summed E-state index contributed by atoms with van der Waals surface area (Å²) in [6.45, 7) is 1.92. The molecule has 1 saturated heterocycles. The van der Waals surface area contributed by atoms with Crippen LogP contribution in [0.25, 0.3) is 0 Å². The molecule has 15 heavy (non-hydrogen) atoms. The van der Waals surface area contributed by atoms with Crippen molar-refractivity contribution < 1.29 is 0 Å². The number of aromatic amines is 1. The molecule has 3 N–H and O–H groups in total. The van der Waals surface area contributed by atoms with E-state index >= 15 is 0 Å². The standard InChI is InChI=1S/C9H13IN4O/c10-7-8(13-5-14-9(7)15)12-4-6-2-1-3-11-6/h5-6,11H,1-4H2,(H2,12,13,14,15). The molecule has 6 heteroatoms. The van der Waals surface area contributed by atoms with Gasteiger partial charge >= 0.3 is 0 Å². The predicted octanol–water partition coefficient (Wildman–Crippen LogP) is 0.538. The second-order valence-corrected chi connectivity index (χ2v) is 4.65. The van der Waals surface area contributed by atoms with Crippen molar-refractivity contribution in [1.29, 1.82) is 0 Å². The van der Waals surface area contributed by atoms with Crippen molar-refractivity contribution in [3.8, 4) is 0 Å². The topological polar surface area (TPSA) is 69.8 Å². The van der Waals surface area contributed by atoms with E-state index < -0.39 is 0 Å². The van der Waals surface area contributed by atoms with Gasteiger partial charge in [0.05, 0.1) is 6.33 Å². The molecule has 0 spiro atoms. The molecule has 0 radical (unpaired) electrons. The average molecular weight is 320 g/mol. The van der Waals surface area contributed by atoms with Crippen molar-refractivity contribution >= 4 is 28.4 Å². The van der Waals surface area contributed by atoms with Gasteiger partial charge in [-0.15, -0.1) is 0 Å². The Hall–Kier alpha value is -0.630. The van der Waals surface area contributed by atoms with Crippen LogP contribution in [0.2, 0.25) is 0 Å². The fraction of sp³-hybridized carbons (Fsp3) is 0.556. The van der Waals surface area contributed by atoms with Crippen LogP contribution in [0.1, 0.15) is 12.8 Å². The summed E-state index contributed by atoms with van der Waals surface area (Å²) < 4.78 is 0.619. The first kappa shape index (κ1) is 10.9. The van der Waals surface area contributed by atoms with Crippen molar-refractivity contribution in [3.63, 3.8) is 0 Å². The van der Waals surface area contributed by atoms with Crippen LogP contribution >= 0.6 is 22.6 Å². The van der Waals surface area contributed by atoms with Crippen molar-refractivity contribution in [2.45, 2.75) is 18.9 Å². The van der Waals surface area contributed by atoms with Crippen molar-refractivity contribution in [3.05, 3.63) is 20.3 Å². The Labute approximate surface area is 101 Å². The van der Waals surface area contributed by atoms with Gasteiger partial charge in [-0.1, -0.05) is 0 Å². The van der Waals surface area contributed by atoms with Crippen LogP contribution in [0.3, 0.4) is 0 Å². The molecular weight excluding hydrogens is 307 g/mol. The fourth-order valence-electron chi connectivity index (χ4n) is 1.66. The largest absolute Gasteiger partial charge is 0.367 e. The van der Waals surface area contributed by atoms with Crippen LogP contribution in [-0.4, -0.2) is 29.1 Å². The molecule has 1 atom stereocenters. The molecule has 0 bridgehead atoms. The van der Waals surface area contributed by atoms with Crippen LogP contribution in [0, 0.1) is 3.57 Å². The molecule has 82 valence electrons. The number of halogens is 1. The minimum absolute atomic E-state index is 0.0903. The van der Waals surface area contributed by atoms with E-state index in [1.807, 2.05) is 22.6 Å². The lowest BCUT2D eigenvalue weighted by atomic mass is 10.2. The van der Waals surface area contributed by atoms with Crippen LogP contribution in [0.4, 0.5) is 5.82 Å². The van der Waals surface area contributed by atoms with E-state index in [9.17, 15) is 4.79 Å². The third-order valence-corrected chi connectivity index (χ3v) is 3.48. The molecule has 0 amide bonds. The van der Waals surface area contributed by atoms with E-state index in [1.165, 1.54) is 19.2 Å². The molecule has 2 rings (SSSR count). The zero-order chi connectivity index (χ0) is 10.7. The van der Waals surface area contributed by atoms with Gasteiger partial charge < -0.3 is 15.6 Å². The van der Waals surface area contributed by atoms with Crippen LogP contribution < -0.4 is 16.2 Å². The van der Waals surface area contributed by atoms with Gasteiger partial charge in [0.2, 0.25) is 0 Å². The van der Waals surface area contributed by atoms with E-state index in [0.717, 1.165) is 13.1 Å². The normalized spacial score (nSPS) is 20.5. The summed E-state index contributed by atoms with van der Waals surface area (Å²) >= 11 is 2.00. The number of anilines is 1. The Morgan fingerprint density at radius 3 is 3.27 bits per heavy atom. The highest BCUT2D eigenvalue weighted by Gasteiger charge is 2.14. The quantitative estimate of drug-likeness (QED) is 0.711. The highest BCUT2D eigenvalue weighted by Crippen LogP contribution is 2.10. The first-order chi connectivity index (χ1) is 7.27. The van der Waals surface area contributed by atoms with Gasteiger partial charge in [-0.05, 0) is 42.0 Å². The Morgan fingerprint density at radius 2 is 2.53 bits per heavy atom. The summed E-state index contributed by atoms with van der Waals surface area (Å²) in [6.07, 6.45) is 3.84. The molecule has 1 fully saturated rings. The lowest BCUT2D eigenvalue weighted by molar-refractivity contribution is 0.632. The maximum Gasteiger partial charge on any atom is 0.266 e. The average Bonchev–Trinajstić information content (AvgIpc) is 2.73. The Balaban J connectivity index is 1.98. The molecule has 0 saturated carbocycles. The number of H-pyrrole nitrogens is 1. The maximum atomic E-state index is 11.3. The summed E-state index contributed by atoms with van der Waals surface area (Å²) in [5.74, 6) is 0.674. The highest BCUT2D eigenvalue weighted by molar-refractivity contribution is 14.1.